The first-order valence-electron chi connectivity index (χ1n) is 3.18. The van der Waals surface area contributed by atoms with Gasteiger partial charge in [0.2, 0.25) is 0 Å². The second kappa shape index (κ2) is 2.70. The topological polar surface area (TPSA) is 58.4 Å². The van der Waals surface area contributed by atoms with Crippen molar-refractivity contribution < 1.29 is 4.79 Å². The highest BCUT2D eigenvalue weighted by Gasteiger charge is 2.22. The fourth-order valence-corrected chi connectivity index (χ4v) is 0.898. The van der Waals surface area contributed by atoms with Crippen LogP contribution < -0.4 is 11.1 Å². The molecule has 2 amide bonds. The van der Waals surface area contributed by atoms with E-state index >= 15 is 0 Å². The zero-order valence-electron chi connectivity index (χ0n) is 5.71. The molecule has 0 aromatic heterocycles. The SMILES string of the molecule is C=CC(N)N1CCNC1=O. The second-order valence-corrected chi connectivity index (χ2v) is 2.15. The Morgan fingerprint density at radius 2 is 2.60 bits per heavy atom. The summed E-state index contributed by atoms with van der Waals surface area (Å²) in [6.07, 6.45) is 1.20. The van der Waals surface area contributed by atoms with Gasteiger partial charge in [-0.15, -0.1) is 0 Å². The van der Waals surface area contributed by atoms with Crippen LogP contribution in [0.3, 0.4) is 0 Å². The van der Waals surface area contributed by atoms with E-state index in [-0.39, 0.29) is 12.2 Å². The normalized spacial score (nSPS) is 20.5. The van der Waals surface area contributed by atoms with Crippen LogP contribution in [0.5, 0.6) is 0 Å². The number of nitrogens with zero attached hydrogens (tertiary/aromatic N) is 1. The third-order valence-corrected chi connectivity index (χ3v) is 1.49. The van der Waals surface area contributed by atoms with Crippen LogP contribution in [0.15, 0.2) is 12.7 Å². The van der Waals surface area contributed by atoms with Crippen LogP contribution in [-0.2, 0) is 0 Å². The summed E-state index contributed by atoms with van der Waals surface area (Å²) in [4.78, 5) is 12.4. The molecule has 1 rings (SSSR count). The van der Waals surface area contributed by atoms with Crippen molar-refractivity contribution in [2.75, 3.05) is 13.1 Å². The molecule has 1 saturated heterocycles. The van der Waals surface area contributed by atoms with Crippen LogP contribution >= 0.6 is 0 Å². The molecular weight excluding hydrogens is 130 g/mol. The van der Waals surface area contributed by atoms with Crippen LogP contribution in [0.25, 0.3) is 0 Å². The molecule has 1 aliphatic heterocycles. The average Bonchev–Trinajstić information content (AvgIpc) is 2.34. The predicted molar refractivity (Wildman–Crippen MR) is 38.3 cm³/mol. The number of rotatable bonds is 2. The molecule has 4 nitrogen and oxygen atoms in total. The summed E-state index contributed by atoms with van der Waals surface area (Å²) in [5, 5.41) is 2.64. The minimum Gasteiger partial charge on any atom is -0.336 e. The summed E-state index contributed by atoms with van der Waals surface area (Å²) in [5.74, 6) is 0. The predicted octanol–water partition coefficient (Wildman–Crippen LogP) is -0.518. The number of amides is 2. The minimum atomic E-state index is -0.345. The van der Waals surface area contributed by atoms with Crippen molar-refractivity contribution in [3.63, 3.8) is 0 Å². The van der Waals surface area contributed by atoms with Crippen LogP contribution in [0, 0.1) is 0 Å². The van der Waals surface area contributed by atoms with Crippen molar-refractivity contribution in [1.29, 1.82) is 0 Å². The van der Waals surface area contributed by atoms with Crippen LogP contribution in [0.2, 0.25) is 0 Å². The molecule has 1 heterocycles. The summed E-state index contributed by atoms with van der Waals surface area (Å²) in [6.45, 7) is 4.85. The Kier molecular flexibility index (Phi) is 1.91. The molecule has 1 unspecified atom stereocenters. The van der Waals surface area contributed by atoms with E-state index in [1.165, 1.54) is 4.90 Å². The third-order valence-electron chi connectivity index (χ3n) is 1.49. The van der Waals surface area contributed by atoms with Gasteiger partial charge < -0.3 is 16.0 Å². The van der Waals surface area contributed by atoms with Crippen LogP contribution in [0.1, 0.15) is 0 Å². The van der Waals surface area contributed by atoms with Crippen molar-refractivity contribution in [2.45, 2.75) is 6.17 Å². The number of carbonyl (C=O) groups excluding carboxylic acids is 1. The first-order valence-corrected chi connectivity index (χ1v) is 3.18. The highest BCUT2D eigenvalue weighted by Crippen LogP contribution is 1.99. The van der Waals surface area contributed by atoms with E-state index in [1.807, 2.05) is 0 Å². The van der Waals surface area contributed by atoms with Gasteiger partial charge in [-0.05, 0) is 0 Å². The van der Waals surface area contributed by atoms with E-state index < -0.39 is 0 Å². The highest BCUT2D eigenvalue weighted by atomic mass is 16.2. The maximum Gasteiger partial charge on any atom is 0.319 e. The molecular formula is C6H11N3O. The van der Waals surface area contributed by atoms with Gasteiger partial charge in [0, 0.05) is 13.1 Å². The Labute approximate surface area is 59.7 Å². The summed E-state index contributed by atoms with van der Waals surface area (Å²) < 4.78 is 0. The van der Waals surface area contributed by atoms with Gasteiger partial charge in [0.25, 0.3) is 0 Å². The number of nitrogens with one attached hydrogen (secondary N) is 1. The second-order valence-electron chi connectivity index (χ2n) is 2.15. The van der Waals surface area contributed by atoms with E-state index in [4.69, 9.17) is 5.73 Å². The maximum absolute atomic E-state index is 10.9. The number of hydrogen-bond acceptors (Lipinski definition) is 2. The molecule has 1 aliphatic rings. The summed E-state index contributed by atoms with van der Waals surface area (Å²) in [6, 6.07) is -0.104. The summed E-state index contributed by atoms with van der Waals surface area (Å²) in [7, 11) is 0. The van der Waals surface area contributed by atoms with Gasteiger partial charge in [-0.3, -0.25) is 0 Å². The van der Waals surface area contributed by atoms with Gasteiger partial charge in [0.1, 0.15) is 6.17 Å². The first kappa shape index (κ1) is 7.08. The molecule has 0 spiro atoms. The third kappa shape index (κ3) is 1.11. The number of carbonyl (C=O) groups is 1. The minimum absolute atomic E-state index is 0.104. The van der Waals surface area contributed by atoms with Crippen LogP contribution in [-0.4, -0.2) is 30.2 Å². The van der Waals surface area contributed by atoms with E-state index in [0.29, 0.717) is 13.1 Å². The van der Waals surface area contributed by atoms with Crippen molar-refractivity contribution in [2.24, 2.45) is 5.73 Å². The molecule has 0 aromatic rings. The van der Waals surface area contributed by atoms with Gasteiger partial charge >= 0.3 is 6.03 Å². The summed E-state index contributed by atoms with van der Waals surface area (Å²) >= 11 is 0. The smallest absolute Gasteiger partial charge is 0.319 e. The van der Waals surface area contributed by atoms with E-state index in [9.17, 15) is 4.79 Å². The standard InChI is InChI=1S/C6H11N3O/c1-2-5(7)9-4-3-8-6(9)10/h2,5H,1,3-4,7H2,(H,8,10). The maximum atomic E-state index is 10.9. The van der Waals surface area contributed by atoms with Gasteiger partial charge in [-0.2, -0.15) is 0 Å². The molecule has 0 saturated carbocycles. The zero-order valence-corrected chi connectivity index (χ0v) is 5.71. The lowest BCUT2D eigenvalue weighted by molar-refractivity contribution is 0.209. The first-order chi connectivity index (χ1) is 4.75. The molecule has 0 bridgehead atoms. The van der Waals surface area contributed by atoms with Crippen molar-refractivity contribution in [3.05, 3.63) is 12.7 Å². The van der Waals surface area contributed by atoms with E-state index in [0.717, 1.165) is 0 Å². The zero-order chi connectivity index (χ0) is 7.56. The summed E-state index contributed by atoms with van der Waals surface area (Å²) in [5.41, 5.74) is 5.52. The lowest BCUT2D eigenvalue weighted by Crippen LogP contribution is -2.42. The Hall–Kier alpha value is -1.03. The van der Waals surface area contributed by atoms with Gasteiger partial charge in [-0.25, -0.2) is 4.79 Å². The molecule has 1 atom stereocenters. The Bertz CT molecular complexity index is 157. The Morgan fingerprint density at radius 3 is 3.00 bits per heavy atom. The Morgan fingerprint density at radius 1 is 1.90 bits per heavy atom. The molecule has 1 fully saturated rings. The van der Waals surface area contributed by atoms with Gasteiger partial charge in [-0.1, -0.05) is 12.7 Å². The number of urea groups is 1. The molecule has 56 valence electrons. The Balaban J connectivity index is 2.54. The number of nitrogens with two attached hydrogens (primary N) is 1. The molecule has 0 aromatic carbocycles. The fourth-order valence-electron chi connectivity index (χ4n) is 0.898. The van der Waals surface area contributed by atoms with Gasteiger partial charge in [0.05, 0.1) is 0 Å². The van der Waals surface area contributed by atoms with Crippen molar-refractivity contribution in [3.8, 4) is 0 Å². The molecule has 0 radical (unpaired) electrons. The largest absolute Gasteiger partial charge is 0.336 e. The molecule has 0 aliphatic carbocycles. The number of hydrogen-bond donors (Lipinski definition) is 2. The molecule has 10 heavy (non-hydrogen) atoms. The monoisotopic (exact) mass is 141 g/mol. The highest BCUT2D eigenvalue weighted by molar-refractivity contribution is 5.76. The lowest BCUT2D eigenvalue weighted by atomic mass is 10.4. The van der Waals surface area contributed by atoms with Crippen molar-refractivity contribution in [1.82, 2.24) is 10.2 Å². The quantitative estimate of drug-likeness (QED) is 0.508. The van der Waals surface area contributed by atoms with E-state index in [2.05, 4.69) is 11.9 Å². The fraction of sp³-hybridized carbons (Fsp3) is 0.500. The average molecular weight is 141 g/mol. The van der Waals surface area contributed by atoms with Crippen LogP contribution in [0.4, 0.5) is 4.79 Å². The molecule has 4 heteroatoms. The van der Waals surface area contributed by atoms with E-state index in [1.54, 1.807) is 6.08 Å². The van der Waals surface area contributed by atoms with Crippen molar-refractivity contribution >= 4 is 6.03 Å². The lowest BCUT2D eigenvalue weighted by Gasteiger charge is -2.18. The molecule has 3 N–H and O–H groups in total. The van der Waals surface area contributed by atoms with Gasteiger partial charge in [0.15, 0.2) is 0 Å².